The molecule has 0 bridgehead atoms. The highest BCUT2D eigenvalue weighted by molar-refractivity contribution is 4.81. The van der Waals surface area contributed by atoms with Crippen molar-refractivity contribution in [1.29, 1.82) is 0 Å². The predicted molar refractivity (Wildman–Crippen MR) is 78.9 cm³/mol. The van der Waals surface area contributed by atoms with Gasteiger partial charge in [0, 0.05) is 6.04 Å². The van der Waals surface area contributed by atoms with Gasteiger partial charge in [-0.05, 0) is 77.0 Å². The van der Waals surface area contributed by atoms with E-state index in [0.717, 1.165) is 12.0 Å². The van der Waals surface area contributed by atoms with Crippen LogP contribution in [-0.4, -0.2) is 37.1 Å². The van der Waals surface area contributed by atoms with Gasteiger partial charge in [0.25, 0.3) is 0 Å². The Labute approximate surface area is 113 Å². The summed E-state index contributed by atoms with van der Waals surface area (Å²) in [6, 6.07) is 0.808. The molecule has 0 amide bonds. The highest BCUT2D eigenvalue weighted by Crippen LogP contribution is 2.28. The summed E-state index contributed by atoms with van der Waals surface area (Å²) in [5.41, 5.74) is 0. The lowest BCUT2D eigenvalue weighted by molar-refractivity contribution is 0.194. The molecule has 1 saturated carbocycles. The number of piperidine rings is 1. The molecule has 1 aliphatic carbocycles. The maximum atomic E-state index is 3.77. The SMILES string of the molecule is C=CCCCCCN1CCC(NCC2CC2)CC1. The summed E-state index contributed by atoms with van der Waals surface area (Å²) in [7, 11) is 0. The Balaban J connectivity index is 1.46. The smallest absolute Gasteiger partial charge is 0.00915 e. The van der Waals surface area contributed by atoms with Gasteiger partial charge in [-0.15, -0.1) is 6.58 Å². The first kappa shape index (κ1) is 14.1. The zero-order valence-corrected chi connectivity index (χ0v) is 11.9. The van der Waals surface area contributed by atoms with Crippen molar-refractivity contribution in [3.63, 3.8) is 0 Å². The summed E-state index contributed by atoms with van der Waals surface area (Å²) in [5.74, 6) is 1.02. The molecule has 104 valence electrons. The molecule has 0 atom stereocenters. The van der Waals surface area contributed by atoms with Crippen LogP contribution < -0.4 is 5.32 Å². The molecule has 1 heterocycles. The second kappa shape index (κ2) is 7.96. The number of likely N-dealkylation sites (tertiary alicyclic amines) is 1. The van der Waals surface area contributed by atoms with Crippen LogP contribution in [0.15, 0.2) is 12.7 Å². The van der Waals surface area contributed by atoms with Crippen molar-refractivity contribution in [2.24, 2.45) is 5.92 Å². The first-order valence-electron chi connectivity index (χ1n) is 7.95. The summed E-state index contributed by atoms with van der Waals surface area (Å²) in [6.07, 6.45) is 12.9. The predicted octanol–water partition coefficient (Wildman–Crippen LogP) is 3.20. The maximum absolute atomic E-state index is 3.77. The highest BCUT2D eigenvalue weighted by atomic mass is 15.1. The fourth-order valence-electron chi connectivity index (χ4n) is 2.82. The van der Waals surface area contributed by atoms with E-state index in [0.29, 0.717) is 0 Å². The van der Waals surface area contributed by atoms with E-state index in [1.807, 2.05) is 6.08 Å². The van der Waals surface area contributed by atoms with Gasteiger partial charge in [0.15, 0.2) is 0 Å². The van der Waals surface area contributed by atoms with Gasteiger partial charge in [-0.25, -0.2) is 0 Å². The van der Waals surface area contributed by atoms with Gasteiger partial charge >= 0.3 is 0 Å². The molecular formula is C16H30N2. The number of nitrogens with one attached hydrogen (secondary N) is 1. The number of allylic oxidation sites excluding steroid dienone is 1. The molecule has 2 heteroatoms. The van der Waals surface area contributed by atoms with Crippen LogP contribution in [0.5, 0.6) is 0 Å². The zero-order valence-electron chi connectivity index (χ0n) is 11.9. The van der Waals surface area contributed by atoms with Gasteiger partial charge in [0.05, 0.1) is 0 Å². The van der Waals surface area contributed by atoms with Gasteiger partial charge in [-0.3, -0.25) is 0 Å². The van der Waals surface area contributed by atoms with E-state index in [9.17, 15) is 0 Å². The normalized spacial score (nSPS) is 22.2. The van der Waals surface area contributed by atoms with Crippen LogP contribution in [0, 0.1) is 5.92 Å². The molecule has 1 saturated heterocycles. The number of nitrogens with zero attached hydrogens (tertiary/aromatic N) is 1. The first-order chi connectivity index (χ1) is 8.88. The Kier molecular flexibility index (Phi) is 6.22. The number of hydrogen-bond donors (Lipinski definition) is 1. The van der Waals surface area contributed by atoms with Crippen LogP contribution in [0.4, 0.5) is 0 Å². The Bertz CT molecular complexity index is 227. The van der Waals surface area contributed by atoms with E-state index in [1.54, 1.807) is 0 Å². The molecule has 2 fully saturated rings. The Morgan fingerprint density at radius 1 is 1.06 bits per heavy atom. The van der Waals surface area contributed by atoms with Crippen LogP contribution >= 0.6 is 0 Å². The second-order valence-electron chi connectivity index (χ2n) is 6.11. The van der Waals surface area contributed by atoms with E-state index >= 15 is 0 Å². The van der Waals surface area contributed by atoms with Gasteiger partial charge in [-0.1, -0.05) is 12.5 Å². The number of unbranched alkanes of at least 4 members (excludes halogenated alkanes) is 3. The van der Waals surface area contributed by atoms with Gasteiger partial charge in [0.2, 0.25) is 0 Å². The minimum absolute atomic E-state index is 0.808. The lowest BCUT2D eigenvalue weighted by Crippen LogP contribution is -2.43. The molecule has 0 spiro atoms. The molecule has 0 aromatic carbocycles. The number of rotatable bonds is 9. The minimum Gasteiger partial charge on any atom is -0.314 e. The average molecular weight is 250 g/mol. The lowest BCUT2D eigenvalue weighted by Gasteiger charge is -2.32. The summed E-state index contributed by atoms with van der Waals surface area (Å²) < 4.78 is 0. The molecule has 0 aromatic heterocycles. The van der Waals surface area contributed by atoms with E-state index in [1.165, 1.54) is 77.5 Å². The molecule has 0 radical (unpaired) electrons. The van der Waals surface area contributed by atoms with E-state index in [2.05, 4.69) is 16.8 Å². The third kappa shape index (κ3) is 5.53. The van der Waals surface area contributed by atoms with Crippen molar-refractivity contribution >= 4 is 0 Å². The van der Waals surface area contributed by atoms with E-state index in [-0.39, 0.29) is 0 Å². The standard InChI is InChI=1S/C16H30N2/c1-2-3-4-5-6-11-18-12-9-16(10-13-18)17-14-15-7-8-15/h2,15-17H,1,3-14H2. The van der Waals surface area contributed by atoms with Crippen molar-refractivity contribution in [2.75, 3.05) is 26.2 Å². The fourth-order valence-corrected chi connectivity index (χ4v) is 2.82. The third-order valence-corrected chi connectivity index (χ3v) is 4.36. The van der Waals surface area contributed by atoms with E-state index in [4.69, 9.17) is 0 Å². The summed E-state index contributed by atoms with van der Waals surface area (Å²) in [5, 5.41) is 3.75. The van der Waals surface area contributed by atoms with Crippen LogP contribution in [0.3, 0.4) is 0 Å². The first-order valence-corrected chi connectivity index (χ1v) is 7.95. The topological polar surface area (TPSA) is 15.3 Å². The Morgan fingerprint density at radius 3 is 2.50 bits per heavy atom. The van der Waals surface area contributed by atoms with Crippen LogP contribution in [0.2, 0.25) is 0 Å². The lowest BCUT2D eigenvalue weighted by atomic mass is 10.0. The van der Waals surface area contributed by atoms with Crippen molar-refractivity contribution in [2.45, 2.75) is 57.4 Å². The zero-order chi connectivity index (χ0) is 12.6. The maximum Gasteiger partial charge on any atom is 0.00915 e. The molecule has 1 N–H and O–H groups in total. The van der Waals surface area contributed by atoms with E-state index < -0.39 is 0 Å². The van der Waals surface area contributed by atoms with Gasteiger partial charge < -0.3 is 10.2 Å². The second-order valence-corrected chi connectivity index (χ2v) is 6.11. The third-order valence-electron chi connectivity index (χ3n) is 4.36. The molecule has 2 aliphatic rings. The average Bonchev–Trinajstić information content (AvgIpc) is 3.22. The van der Waals surface area contributed by atoms with Crippen LogP contribution in [0.25, 0.3) is 0 Å². The molecule has 2 nitrogen and oxygen atoms in total. The van der Waals surface area contributed by atoms with Crippen LogP contribution in [-0.2, 0) is 0 Å². The summed E-state index contributed by atoms with van der Waals surface area (Å²) >= 11 is 0. The molecule has 0 aromatic rings. The Hall–Kier alpha value is -0.340. The van der Waals surface area contributed by atoms with Gasteiger partial charge in [0.1, 0.15) is 0 Å². The highest BCUT2D eigenvalue weighted by Gasteiger charge is 2.24. The molecule has 1 aliphatic heterocycles. The largest absolute Gasteiger partial charge is 0.314 e. The van der Waals surface area contributed by atoms with Gasteiger partial charge in [-0.2, -0.15) is 0 Å². The van der Waals surface area contributed by atoms with Crippen molar-refractivity contribution in [3.8, 4) is 0 Å². The monoisotopic (exact) mass is 250 g/mol. The Morgan fingerprint density at radius 2 is 1.83 bits per heavy atom. The molecule has 0 unspecified atom stereocenters. The molecule has 2 rings (SSSR count). The van der Waals surface area contributed by atoms with Crippen molar-refractivity contribution in [3.05, 3.63) is 12.7 Å². The minimum atomic E-state index is 0.808. The molecular weight excluding hydrogens is 220 g/mol. The van der Waals surface area contributed by atoms with Crippen molar-refractivity contribution < 1.29 is 0 Å². The molecule has 18 heavy (non-hydrogen) atoms. The summed E-state index contributed by atoms with van der Waals surface area (Å²) in [4.78, 5) is 2.66. The summed E-state index contributed by atoms with van der Waals surface area (Å²) in [6.45, 7) is 8.99. The number of hydrogen-bond acceptors (Lipinski definition) is 2. The fraction of sp³-hybridized carbons (Fsp3) is 0.875. The van der Waals surface area contributed by atoms with Crippen molar-refractivity contribution in [1.82, 2.24) is 10.2 Å². The quantitative estimate of drug-likeness (QED) is 0.499. The van der Waals surface area contributed by atoms with Crippen LogP contribution in [0.1, 0.15) is 51.4 Å².